The van der Waals surface area contributed by atoms with E-state index in [-0.39, 0.29) is 17.8 Å². The molecule has 0 atom stereocenters. The van der Waals surface area contributed by atoms with Crippen LogP contribution in [0.4, 0.5) is 0 Å². The van der Waals surface area contributed by atoms with Crippen LogP contribution in [-0.2, 0) is 16.1 Å². The number of hydrogen-bond acceptors (Lipinski definition) is 5. The van der Waals surface area contributed by atoms with Crippen LogP contribution < -0.4 is 0 Å². The van der Waals surface area contributed by atoms with Crippen molar-refractivity contribution in [2.24, 2.45) is 0 Å². The second-order valence-corrected chi connectivity index (χ2v) is 6.14. The fourth-order valence-corrected chi connectivity index (χ4v) is 2.91. The summed E-state index contributed by atoms with van der Waals surface area (Å²) >= 11 is 1.36. The van der Waals surface area contributed by atoms with Crippen LogP contribution in [-0.4, -0.2) is 32.6 Å². The van der Waals surface area contributed by atoms with Crippen molar-refractivity contribution < 1.29 is 9.53 Å². The predicted octanol–water partition coefficient (Wildman–Crippen LogP) is 3.32. The van der Waals surface area contributed by atoms with Gasteiger partial charge in [0, 0.05) is 12.1 Å². The number of ether oxygens (including phenoxy) is 1. The number of thioether (sulfide) groups is 1. The molecule has 2 aromatic rings. The van der Waals surface area contributed by atoms with Crippen LogP contribution >= 0.6 is 11.8 Å². The predicted molar refractivity (Wildman–Crippen MR) is 87.8 cm³/mol. The maximum Gasteiger partial charge on any atom is 0.316 e. The van der Waals surface area contributed by atoms with Gasteiger partial charge in [-0.2, -0.15) is 0 Å². The first-order chi connectivity index (χ1) is 10.5. The lowest BCUT2D eigenvalue weighted by atomic mass is 10.1. The van der Waals surface area contributed by atoms with Gasteiger partial charge in [0.1, 0.15) is 0 Å². The number of rotatable bonds is 6. The molecule has 118 valence electrons. The minimum absolute atomic E-state index is 0.0975. The molecule has 0 aliphatic carbocycles. The zero-order valence-corrected chi connectivity index (χ0v) is 14.2. The monoisotopic (exact) mass is 319 g/mol. The molecule has 0 saturated heterocycles. The van der Waals surface area contributed by atoms with Crippen LogP contribution in [0.1, 0.15) is 26.3 Å². The first kappa shape index (κ1) is 16.5. The Kier molecular flexibility index (Phi) is 5.60. The van der Waals surface area contributed by atoms with Gasteiger partial charge in [-0.05, 0) is 33.3 Å². The molecule has 0 amide bonds. The summed E-state index contributed by atoms with van der Waals surface area (Å²) in [6, 6.07) is 8.08. The quantitative estimate of drug-likeness (QED) is 0.604. The van der Waals surface area contributed by atoms with Gasteiger partial charge in [0.25, 0.3) is 0 Å². The third kappa shape index (κ3) is 3.88. The first-order valence-electron chi connectivity index (χ1n) is 7.34. The number of esters is 1. The molecule has 0 saturated carbocycles. The highest BCUT2D eigenvalue weighted by Crippen LogP contribution is 2.26. The Morgan fingerprint density at radius 1 is 1.32 bits per heavy atom. The van der Waals surface area contributed by atoms with Crippen molar-refractivity contribution in [3.05, 3.63) is 29.8 Å². The Bertz CT molecular complexity index is 653. The molecule has 0 radical (unpaired) electrons. The Morgan fingerprint density at radius 3 is 2.68 bits per heavy atom. The molecule has 2 rings (SSSR count). The summed E-state index contributed by atoms with van der Waals surface area (Å²) in [5.41, 5.74) is 2.22. The van der Waals surface area contributed by atoms with Crippen LogP contribution in [0.25, 0.3) is 11.4 Å². The highest BCUT2D eigenvalue weighted by Gasteiger charge is 2.16. The summed E-state index contributed by atoms with van der Waals surface area (Å²) in [5, 5.41) is 9.26. The SMILES string of the molecule is CCn1c(SCC(=O)OC(C)C)nnc1-c1ccccc1C. The Balaban J connectivity index is 2.18. The van der Waals surface area contributed by atoms with Crippen LogP contribution in [0, 0.1) is 6.92 Å². The largest absolute Gasteiger partial charge is 0.462 e. The van der Waals surface area contributed by atoms with Crippen molar-refractivity contribution in [2.45, 2.75) is 45.5 Å². The molecule has 1 heterocycles. The van der Waals surface area contributed by atoms with Gasteiger partial charge in [-0.3, -0.25) is 4.79 Å². The van der Waals surface area contributed by atoms with Crippen LogP contribution in [0.15, 0.2) is 29.4 Å². The summed E-state index contributed by atoms with van der Waals surface area (Å²) in [6.07, 6.45) is -0.0975. The first-order valence-corrected chi connectivity index (χ1v) is 8.33. The van der Waals surface area contributed by atoms with E-state index in [1.165, 1.54) is 11.8 Å². The number of aryl methyl sites for hydroxylation is 1. The van der Waals surface area contributed by atoms with Crippen molar-refractivity contribution in [3.63, 3.8) is 0 Å². The lowest BCUT2D eigenvalue weighted by molar-refractivity contribution is -0.144. The summed E-state index contributed by atoms with van der Waals surface area (Å²) in [4.78, 5) is 11.7. The van der Waals surface area contributed by atoms with E-state index in [1.807, 2.05) is 43.5 Å². The Hall–Kier alpha value is -1.82. The number of aromatic nitrogens is 3. The zero-order valence-electron chi connectivity index (χ0n) is 13.4. The summed E-state index contributed by atoms with van der Waals surface area (Å²) in [7, 11) is 0. The molecule has 1 aromatic carbocycles. The van der Waals surface area contributed by atoms with Crippen LogP contribution in [0.3, 0.4) is 0 Å². The van der Waals surface area contributed by atoms with Crippen molar-refractivity contribution >= 4 is 17.7 Å². The van der Waals surface area contributed by atoms with Gasteiger partial charge >= 0.3 is 5.97 Å². The number of nitrogens with zero attached hydrogens (tertiary/aromatic N) is 3. The van der Waals surface area contributed by atoms with Gasteiger partial charge in [0.15, 0.2) is 11.0 Å². The molecule has 6 heteroatoms. The summed E-state index contributed by atoms with van der Waals surface area (Å²) < 4.78 is 7.16. The van der Waals surface area contributed by atoms with Crippen molar-refractivity contribution in [1.82, 2.24) is 14.8 Å². The fourth-order valence-electron chi connectivity index (χ4n) is 2.12. The second-order valence-electron chi connectivity index (χ2n) is 5.19. The van der Waals surface area contributed by atoms with E-state index in [2.05, 4.69) is 23.2 Å². The third-order valence-electron chi connectivity index (χ3n) is 3.11. The molecule has 0 fully saturated rings. The van der Waals surface area contributed by atoms with E-state index in [0.29, 0.717) is 0 Å². The average Bonchev–Trinajstić information content (AvgIpc) is 2.87. The Labute approximate surface area is 135 Å². The topological polar surface area (TPSA) is 57.0 Å². The lowest BCUT2D eigenvalue weighted by Crippen LogP contribution is -2.13. The molecule has 22 heavy (non-hydrogen) atoms. The van der Waals surface area contributed by atoms with E-state index < -0.39 is 0 Å². The number of hydrogen-bond donors (Lipinski definition) is 0. The van der Waals surface area contributed by atoms with E-state index in [0.717, 1.165) is 28.7 Å². The second kappa shape index (κ2) is 7.45. The highest BCUT2D eigenvalue weighted by molar-refractivity contribution is 7.99. The number of carbonyl (C=O) groups excluding carboxylic acids is 1. The van der Waals surface area contributed by atoms with E-state index in [9.17, 15) is 4.79 Å². The zero-order chi connectivity index (χ0) is 16.1. The maximum absolute atomic E-state index is 11.7. The molecule has 0 spiro atoms. The normalized spacial score (nSPS) is 11.0. The van der Waals surface area contributed by atoms with Crippen LogP contribution in [0.5, 0.6) is 0 Å². The summed E-state index contributed by atoms with van der Waals surface area (Å²) in [6.45, 7) is 8.53. The number of carbonyl (C=O) groups is 1. The van der Waals surface area contributed by atoms with E-state index in [4.69, 9.17) is 4.74 Å². The van der Waals surface area contributed by atoms with E-state index in [1.54, 1.807) is 0 Å². The lowest BCUT2D eigenvalue weighted by Gasteiger charge is -2.10. The van der Waals surface area contributed by atoms with Gasteiger partial charge in [-0.1, -0.05) is 36.0 Å². The third-order valence-corrected chi connectivity index (χ3v) is 4.05. The molecule has 0 unspecified atom stereocenters. The van der Waals surface area contributed by atoms with Crippen molar-refractivity contribution in [1.29, 1.82) is 0 Å². The van der Waals surface area contributed by atoms with Gasteiger partial charge < -0.3 is 9.30 Å². The number of benzene rings is 1. The molecule has 0 N–H and O–H groups in total. The molecular formula is C16H21N3O2S. The minimum Gasteiger partial charge on any atom is -0.462 e. The smallest absolute Gasteiger partial charge is 0.316 e. The molecule has 0 aliphatic heterocycles. The highest BCUT2D eigenvalue weighted by atomic mass is 32.2. The molecule has 0 bridgehead atoms. The molecule has 1 aromatic heterocycles. The van der Waals surface area contributed by atoms with Gasteiger partial charge in [-0.25, -0.2) is 0 Å². The van der Waals surface area contributed by atoms with Gasteiger partial charge in [0.05, 0.1) is 11.9 Å². The van der Waals surface area contributed by atoms with Crippen molar-refractivity contribution in [2.75, 3.05) is 5.75 Å². The average molecular weight is 319 g/mol. The standard InChI is InChI=1S/C16H21N3O2S/c1-5-19-15(13-9-7-6-8-12(13)4)17-18-16(19)22-10-14(20)21-11(2)3/h6-9,11H,5,10H2,1-4H3. The molecule has 0 aliphatic rings. The van der Waals surface area contributed by atoms with E-state index >= 15 is 0 Å². The molecule has 5 nitrogen and oxygen atoms in total. The molecular weight excluding hydrogens is 298 g/mol. The Morgan fingerprint density at radius 2 is 2.05 bits per heavy atom. The van der Waals surface area contributed by atoms with Crippen molar-refractivity contribution in [3.8, 4) is 11.4 Å². The maximum atomic E-state index is 11.7. The van der Waals surface area contributed by atoms with Crippen LogP contribution in [0.2, 0.25) is 0 Å². The summed E-state index contributed by atoms with van der Waals surface area (Å²) in [5.74, 6) is 0.841. The van der Waals surface area contributed by atoms with Gasteiger partial charge in [-0.15, -0.1) is 10.2 Å². The van der Waals surface area contributed by atoms with Gasteiger partial charge in [0.2, 0.25) is 0 Å². The minimum atomic E-state index is -0.233. The fraction of sp³-hybridized carbons (Fsp3) is 0.438.